The molecule has 1 aliphatic rings. The summed E-state index contributed by atoms with van der Waals surface area (Å²) in [5, 5.41) is -0.184. The summed E-state index contributed by atoms with van der Waals surface area (Å²) in [7, 11) is -3.22. The standard InChI is InChI=1S/C18H17ClN2O2S/c1-12-3-4-14(10-20-12)18-17(9-15(19)11-21-18)13-5-7-16(8-6-13)24(2,22)23/h3-10,15H,11H2,1-2H3. The Morgan fingerprint density at radius 1 is 1.08 bits per heavy atom. The SMILES string of the molecule is Cc1ccc(C2=NCC(Cl)C=C2c2ccc(S(C)(=O)=O)cc2)cn1. The summed E-state index contributed by atoms with van der Waals surface area (Å²) in [5.74, 6) is 0. The van der Waals surface area contributed by atoms with Crippen LogP contribution < -0.4 is 0 Å². The van der Waals surface area contributed by atoms with Crippen LogP contribution in [0.1, 0.15) is 16.8 Å². The number of aliphatic imine (C=N–C) groups is 1. The molecule has 1 atom stereocenters. The second-order valence-corrected chi connectivity index (χ2v) is 8.35. The number of hydrogen-bond donors (Lipinski definition) is 0. The van der Waals surface area contributed by atoms with Gasteiger partial charge in [0.2, 0.25) is 0 Å². The summed E-state index contributed by atoms with van der Waals surface area (Å²) in [5.41, 5.74) is 4.46. The number of benzene rings is 1. The summed E-state index contributed by atoms with van der Waals surface area (Å²) in [6.45, 7) is 2.44. The summed E-state index contributed by atoms with van der Waals surface area (Å²) >= 11 is 6.25. The first kappa shape index (κ1) is 16.9. The van der Waals surface area contributed by atoms with E-state index in [1.165, 1.54) is 6.26 Å². The molecule has 6 heteroatoms. The highest BCUT2D eigenvalue weighted by Crippen LogP contribution is 2.27. The van der Waals surface area contributed by atoms with Crippen molar-refractivity contribution in [2.45, 2.75) is 17.2 Å². The van der Waals surface area contributed by atoms with Gasteiger partial charge in [0.1, 0.15) is 0 Å². The number of aryl methyl sites for hydroxylation is 1. The molecule has 1 aliphatic heterocycles. The normalized spacial score (nSPS) is 18.0. The number of hydrogen-bond acceptors (Lipinski definition) is 4. The summed E-state index contributed by atoms with van der Waals surface area (Å²) in [4.78, 5) is 9.22. The van der Waals surface area contributed by atoms with Gasteiger partial charge in [-0.1, -0.05) is 18.2 Å². The Hall–Kier alpha value is -1.98. The Morgan fingerprint density at radius 2 is 1.75 bits per heavy atom. The zero-order valence-electron chi connectivity index (χ0n) is 13.4. The van der Waals surface area contributed by atoms with E-state index in [4.69, 9.17) is 11.6 Å². The van der Waals surface area contributed by atoms with E-state index in [2.05, 4.69) is 9.98 Å². The van der Waals surface area contributed by atoms with Crippen LogP contribution in [0, 0.1) is 6.92 Å². The third-order valence-corrected chi connectivity index (χ3v) is 5.20. The fraction of sp³-hybridized carbons (Fsp3) is 0.222. The van der Waals surface area contributed by atoms with Crippen LogP contribution in [0.2, 0.25) is 0 Å². The Kier molecular flexibility index (Phi) is 4.56. The maximum atomic E-state index is 11.6. The Morgan fingerprint density at radius 3 is 2.33 bits per heavy atom. The molecule has 0 fully saturated rings. The third kappa shape index (κ3) is 3.57. The molecule has 24 heavy (non-hydrogen) atoms. The molecule has 0 bridgehead atoms. The molecule has 1 aromatic heterocycles. The molecule has 1 aromatic carbocycles. The van der Waals surface area contributed by atoms with Crippen molar-refractivity contribution in [2.24, 2.45) is 4.99 Å². The van der Waals surface area contributed by atoms with Crippen molar-refractivity contribution in [2.75, 3.05) is 12.8 Å². The molecular weight excluding hydrogens is 344 g/mol. The fourth-order valence-electron chi connectivity index (χ4n) is 2.55. The van der Waals surface area contributed by atoms with Crippen LogP contribution in [0.4, 0.5) is 0 Å². The van der Waals surface area contributed by atoms with Crippen molar-refractivity contribution < 1.29 is 8.42 Å². The van der Waals surface area contributed by atoms with Crippen LogP contribution in [-0.4, -0.2) is 37.3 Å². The lowest BCUT2D eigenvalue weighted by Crippen LogP contribution is -2.16. The monoisotopic (exact) mass is 360 g/mol. The first-order valence-electron chi connectivity index (χ1n) is 7.49. The number of alkyl halides is 1. The van der Waals surface area contributed by atoms with Crippen LogP contribution in [-0.2, 0) is 9.84 Å². The van der Waals surface area contributed by atoms with Gasteiger partial charge in [-0.2, -0.15) is 0 Å². The van der Waals surface area contributed by atoms with Crippen molar-refractivity contribution in [3.05, 3.63) is 65.5 Å². The maximum absolute atomic E-state index is 11.6. The van der Waals surface area contributed by atoms with Crippen LogP contribution >= 0.6 is 11.6 Å². The van der Waals surface area contributed by atoms with E-state index < -0.39 is 9.84 Å². The zero-order valence-corrected chi connectivity index (χ0v) is 15.0. The van der Waals surface area contributed by atoms with Crippen molar-refractivity contribution in [1.29, 1.82) is 0 Å². The number of allylic oxidation sites excluding steroid dienone is 1. The third-order valence-electron chi connectivity index (χ3n) is 3.80. The number of sulfone groups is 1. The lowest BCUT2D eigenvalue weighted by Gasteiger charge is -2.18. The number of halogens is 1. The molecular formula is C18H17ClN2O2S. The Bertz CT molecular complexity index is 914. The van der Waals surface area contributed by atoms with Crippen molar-refractivity contribution in [3.63, 3.8) is 0 Å². The molecule has 4 nitrogen and oxygen atoms in total. The quantitative estimate of drug-likeness (QED) is 0.789. The Labute approximate surface area is 146 Å². The van der Waals surface area contributed by atoms with Crippen LogP contribution in [0.3, 0.4) is 0 Å². The van der Waals surface area contributed by atoms with Gasteiger partial charge in [0, 0.05) is 29.3 Å². The second kappa shape index (κ2) is 6.49. The lowest BCUT2D eigenvalue weighted by atomic mass is 9.94. The maximum Gasteiger partial charge on any atom is 0.175 e. The number of pyridine rings is 1. The number of rotatable bonds is 3. The van der Waals surface area contributed by atoms with Gasteiger partial charge in [0.05, 0.1) is 22.5 Å². The zero-order chi connectivity index (χ0) is 17.3. The van der Waals surface area contributed by atoms with Gasteiger partial charge in [-0.05, 0) is 36.8 Å². The highest BCUT2D eigenvalue weighted by molar-refractivity contribution is 7.90. The minimum Gasteiger partial charge on any atom is -0.282 e. The minimum absolute atomic E-state index is 0.184. The summed E-state index contributed by atoms with van der Waals surface area (Å²) < 4.78 is 23.2. The van der Waals surface area contributed by atoms with Crippen molar-refractivity contribution in [1.82, 2.24) is 4.98 Å². The average molecular weight is 361 g/mol. The minimum atomic E-state index is -3.22. The first-order chi connectivity index (χ1) is 11.3. The van der Waals surface area contributed by atoms with Crippen LogP contribution in [0.15, 0.2) is 58.6 Å². The van der Waals surface area contributed by atoms with Gasteiger partial charge in [0.25, 0.3) is 0 Å². The van der Waals surface area contributed by atoms with Crippen LogP contribution in [0.5, 0.6) is 0 Å². The number of dihydropyridines is 1. The first-order valence-corrected chi connectivity index (χ1v) is 9.81. The van der Waals surface area contributed by atoms with E-state index in [1.807, 2.05) is 25.1 Å². The molecule has 1 unspecified atom stereocenters. The molecule has 124 valence electrons. The molecule has 2 heterocycles. The van der Waals surface area contributed by atoms with E-state index in [1.54, 1.807) is 30.5 Å². The molecule has 0 spiro atoms. The molecule has 0 aliphatic carbocycles. The number of aromatic nitrogens is 1. The molecule has 3 rings (SSSR count). The van der Waals surface area contributed by atoms with Crippen molar-refractivity contribution in [3.8, 4) is 0 Å². The highest BCUT2D eigenvalue weighted by atomic mass is 35.5. The predicted octanol–water partition coefficient (Wildman–Crippen LogP) is 3.29. The van der Waals surface area contributed by atoms with E-state index in [0.717, 1.165) is 28.1 Å². The molecule has 2 aromatic rings. The predicted molar refractivity (Wildman–Crippen MR) is 97.5 cm³/mol. The van der Waals surface area contributed by atoms with Gasteiger partial charge in [-0.15, -0.1) is 11.6 Å². The van der Waals surface area contributed by atoms with Gasteiger partial charge in [0.15, 0.2) is 9.84 Å². The van der Waals surface area contributed by atoms with Gasteiger partial charge >= 0.3 is 0 Å². The lowest BCUT2D eigenvalue weighted by molar-refractivity contribution is 0.602. The fourth-order valence-corrected chi connectivity index (χ4v) is 3.37. The average Bonchev–Trinajstić information content (AvgIpc) is 2.55. The Balaban J connectivity index is 2.02. The van der Waals surface area contributed by atoms with Crippen LogP contribution in [0.25, 0.3) is 5.57 Å². The topological polar surface area (TPSA) is 59.4 Å². The van der Waals surface area contributed by atoms with Gasteiger partial charge in [-0.3, -0.25) is 9.98 Å². The largest absolute Gasteiger partial charge is 0.282 e. The second-order valence-electron chi connectivity index (χ2n) is 5.77. The smallest absolute Gasteiger partial charge is 0.175 e. The molecule has 0 saturated carbocycles. The van der Waals surface area contributed by atoms with Gasteiger partial charge < -0.3 is 0 Å². The van der Waals surface area contributed by atoms with E-state index in [9.17, 15) is 8.42 Å². The van der Waals surface area contributed by atoms with E-state index in [0.29, 0.717) is 11.4 Å². The number of nitrogens with zero attached hydrogens (tertiary/aromatic N) is 2. The van der Waals surface area contributed by atoms with E-state index >= 15 is 0 Å². The van der Waals surface area contributed by atoms with Gasteiger partial charge in [-0.25, -0.2) is 8.42 Å². The van der Waals surface area contributed by atoms with Crippen molar-refractivity contribution >= 4 is 32.7 Å². The molecule has 0 amide bonds. The molecule has 0 N–H and O–H groups in total. The summed E-state index contributed by atoms with van der Waals surface area (Å²) in [6.07, 6.45) is 4.95. The highest BCUT2D eigenvalue weighted by Gasteiger charge is 2.19. The molecule has 0 saturated heterocycles. The molecule has 0 radical (unpaired) electrons. The van der Waals surface area contributed by atoms with E-state index in [-0.39, 0.29) is 5.38 Å². The summed E-state index contributed by atoms with van der Waals surface area (Å²) in [6, 6.07) is 10.7.